The number of carbonyl (C=O) groups is 2. The number of methoxy groups -OCH3 is 1. The number of nitrogens with one attached hydrogen (secondary N) is 1. The average molecular weight is 551 g/mol. The van der Waals surface area contributed by atoms with E-state index >= 15 is 0 Å². The van der Waals surface area contributed by atoms with Crippen LogP contribution in [0.25, 0.3) is 16.8 Å². The highest BCUT2D eigenvalue weighted by molar-refractivity contribution is 6.05. The molecule has 0 saturated carbocycles. The third-order valence-corrected chi connectivity index (χ3v) is 6.78. The molecule has 12 heteroatoms. The minimum Gasteiger partial charge on any atom is -0.496 e. The molecule has 2 aromatic carbocycles. The number of nitrogens with zero attached hydrogens (tertiary/aromatic N) is 4. The largest absolute Gasteiger partial charge is 0.496 e. The van der Waals surface area contributed by atoms with Gasteiger partial charge in [0.1, 0.15) is 28.6 Å². The molecular formula is C28H25F3N6O3. The van der Waals surface area contributed by atoms with Crippen molar-refractivity contribution >= 4 is 28.8 Å². The fourth-order valence-corrected chi connectivity index (χ4v) is 4.96. The highest BCUT2D eigenvalue weighted by atomic mass is 19.4. The summed E-state index contributed by atoms with van der Waals surface area (Å²) in [4.78, 5) is 36.3. The lowest BCUT2D eigenvalue weighted by Crippen LogP contribution is -2.29. The number of likely N-dealkylation sites (tertiary alicyclic amines) is 1. The number of nitrogens with two attached hydrogens (primary N) is 1. The molecule has 9 nitrogen and oxygen atoms in total. The molecule has 0 unspecified atom stereocenters. The number of benzene rings is 2. The van der Waals surface area contributed by atoms with Gasteiger partial charge in [-0.2, -0.15) is 13.2 Å². The van der Waals surface area contributed by atoms with E-state index in [-0.39, 0.29) is 34.8 Å². The van der Waals surface area contributed by atoms with E-state index in [4.69, 9.17) is 15.5 Å². The quantitative estimate of drug-likeness (QED) is 0.323. The summed E-state index contributed by atoms with van der Waals surface area (Å²) in [6, 6.07) is 9.48. The van der Waals surface area contributed by atoms with Crippen molar-refractivity contribution in [2.45, 2.75) is 25.1 Å². The van der Waals surface area contributed by atoms with Crippen LogP contribution in [-0.2, 0) is 11.0 Å². The fraction of sp³-hybridized carbons (Fsp3) is 0.214. The Hall–Kier alpha value is -4.87. The molecule has 0 spiro atoms. The second-order valence-electron chi connectivity index (χ2n) is 9.19. The zero-order chi connectivity index (χ0) is 28.6. The summed E-state index contributed by atoms with van der Waals surface area (Å²) in [5.41, 5.74) is 6.91. The SMILES string of the molecule is C=CC(=O)N1CCC[C@H]1c1nc(-c2cccc(C(=O)Nc3ccc(OC)c(C(F)(F)F)c3)c2)c2c(N)nccn12. The number of amides is 2. The molecular weight excluding hydrogens is 525 g/mol. The maximum absolute atomic E-state index is 13.4. The average Bonchev–Trinajstić information content (AvgIpc) is 3.58. The first-order valence-corrected chi connectivity index (χ1v) is 12.3. The lowest BCUT2D eigenvalue weighted by atomic mass is 10.1. The first-order chi connectivity index (χ1) is 19.1. The molecule has 5 rings (SSSR count). The monoisotopic (exact) mass is 550 g/mol. The third kappa shape index (κ3) is 4.83. The number of hydrogen-bond donors (Lipinski definition) is 2. The van der Waals surface area contributed by atoms with Crippen molar-refractivity contribution in [2.24, 2.45) is 0 Å². The van der Waals surface area contributed by atoms with Gasteiger partial charge in [0, 0.05) is 35.8 Å². The number of ether oxygens (including phenoxy) is 1. The Morgan fingerprint density at radius 1 is 1.23 bits per heavy atom. The van der Waals surface area contributed by atoms with Gasteiger partial charge in [-0.15, -0.1) is 0 Å². The second kappa shape index (κ2) is 10.4. The molecule has 3 heterocycles. The van der Waals surface area contributed by atoms with Gasteiger partial charge < -0.3 is 20.7 Å². The van der Waals surface area contributed by atoms with E-state index < -0.39 is 17.6 Å². The van der Waals surface area contributed by atoms with Crippen molar-refractivity contribution in [3.8, 4) is 17.0 Å². The summed E-state index contributed by atoms with van der Waals surface area (Å²) in [5.74, 6) is -0.359. The van der Waals surface area contributed by atoms with Gasteiger partial charge in [-0.3, -0.25) is 14.0 Å². The molecule has 0 aliphatic carbocycles. The number of rotatable bonds is 6. The normalized spacial score (nSPS) is 15.3. The molecule has 0 radical (unpaired) electrons. The minimum absolute atomic E-state index is 0.0417. The van der Waals surface area contributed by atoms with Crippen LogP contribution in [-0.4, -0.2) is 44.7 Å². The van der Waals surface area contributed by atoms with Crippen molar-refractivity contribution in [3.63, 3.8) is 0 Å². The highest BCUT2D eigenvalue weighted by Crippen LogP contribution is 2.39. The number of alkyl halides is 3. The first kappa shape index (κ1) is 26.7. The zero-order valence-electron chi connectivity index (χ0n) is 21.4. The van der Waals surface area contributed by atoms with Crippen LogP contribution in [0, 0.1) is 0 Å². The Morgan fingerprint density at radius 2 is 2.02 bits per heavy atom. The van der Waals surface area contributed by atoms with Crippen LogP contribution in [0.3, 0.4) is 0 Å². The number of halogens is 3. The van der Waals surface area contributed by atoms with Gasteiger partial charge in [-0.1, -0.05) is 18.7 Å². The van der Waals surface area contributed by atoms with Crippen molar-refractivity contribution in [3.05, 3.63) is 84.5 Å². The molecule has 0 bridgehead atoms. The Labute approximate surface area is 227 Å². The number of nitrogen functional groups attached to an aromatic ring is 1. The van der Waals surface area contributed by atoms with E-state index in [9.17, 15) is 22.8 Å². The summed E-state index contributed by atoms with van der Waals surface area (Å²) in [6.07, 6.45) is 1.36. The number of carbonyl (C=O) groups excluding carboxylic acids is 2. The van der Waals surface area contributed by atoms with Gasteiger partial charge in [0.05, 0.1) is 18.7 Å². The van der Waals surface area contributed by atoms with E-state index in [2.05, 4.69) is 16.9 Å². The van der Waals surface area contributed by atoms with Crippen molar-refractivity contribution in [1.29, 1.82) is 0 Å². The number of aromatic nitrogens is 3. The van der Waals surface area contributed by atoms with Crippen LogP contribution in [0.1, 0.15) is 40.6 Å². The Kier molecular flexibility index (Phi) is 6.92. The van der Waals surface area contributed by atoms with Crippen LogP contribution >= 0.6 is 0 Å². The number of anilines is 2. The van der Waals surface area contributed by atoms with E-state index in [1.165, 1.54) is 18.2 Å². The molecule has 206 valence electrons. The summed E-state index contributed by atoms with van der Waals surface area (Å²) in [7, 11) is 1.14. The van der Waals surface area contributed by atoms with Gasteiger partial charge in [-0.25, -0.2) is 9.97 Å². The summed E-state index contributed by atoms with van der Waals surface area (Å²) < 4.78 is 46.9. The summed E-state index contributed by atoms with van der Waals surface area (Å²) in [5, 5.41) is 2.51. The maximum Gasteiger partial charge on any atom is 0.420 e. The molecule has 2 amide bonds. The van der Waals surface area contributed by atoms with Crippen molar-refractivity contribution in [2.75, 3.05) is 24.7 Å². The van der Waals surface area contributed by atoms with Crippen LogP contribution in [0.4, 0.5) is 24.7 Å². The smallest absolute Gasteiger partial charge is 0.420 e. The first-order valence-electron chi connectivity index (χ1n) is 12.3. The van der Waals surface area contributed by atoms with Gasteiger partial charge in [-0.05, 0) is 49.2 Å². The molecule has 1 saturated heterocycles. The van der Waals surface area contributed by atoms with Crippen molar-refractivity contribution in [1.82, 2.24) is 19.3 Å². The minimum atomic E-state index is -4.66. The Bertz CT molecular complexity index is 1630. The Morgan fingerprint density at radius 3 is 2.75 bits per heavy atom. The number of hydrogen-bond acceptors (Lipinski definition) is 6. The van der Waals surface area contributed by atoms with Crippen LogP contribution < -0.4 is 15.8 Å². The molecule has 40 heavy (non-hydrogen) atoms. The lowest BCUT2D eigenvalue weighted by Gasteiger charge is -2.22. The van der Waals surface area contributed by atoms with Gasteiger partial charge in [0.15, 0.2) is 0 Å². The van der Waals surface area contributed by atoms with Gasteiger partial charge >= 0.3 is 6.18 Å². The van der Waals surface area contributed by atoms with E-state index in [0.29, 0.717) is 35.6 Å². The summed E-state index contributed by atoms with van der Waals surface area (Å²) >= 11 is 0. The van der Waals surface area contributed by atoms with E-state index in [1.807, 2.05) is 0 Å². The third-order valence-electron chi connectivity index (χ3n) is 6.78. The fourth-order valence-electron chi connectivity index (χ4n) is 4.96. The summed E-state index contributed by atoms with van der Waals surface area (Å²) in [6.45, 7) is 4.16. The highest BCUT2D eigenvalue weighted by Gasteiger charge is 2.35. The number of fused-ring (bicyclic) bond motifs is 1. The second-order valence-corrected chi connectivity index (χ2v) is 9.19. The Balaban J connectivity index is 1.51. The van der Waals surface area contributed by atoms with Crippen molar-refractivity contribution < 1.29 is 27.5 Å². The predicted octanol–water partition coefficient (Wildman–Crippen LogP) is 5.11. The number of imidazole rings is 1. The maximum atomic E-state index is 13.4. The molecule has 4 aromatic rings. The lowest BCUT2D eigenvalue weighted by molar-refractivity contribution is -0.138. The predicted molar refractivity (Wildman–Crippen MR) is 143 cm³/mol. The molecule has 1 aliphatic rings. The molecule has 2 aromatic heterocycles. The van der Waals surface area contributed by atoms with Crippen LogP contribution in [0.2, 0.25) is 0 Å². The molecule has 3 N–H and O–H groups in total. The van der Waals surface area contributed by atoms with E-state index in [1.54, 1.807) is 39.9 Å². The zero-order valence-corrected chi connectivity index (χ0v) is 21.4. The van der Waals surface area contributed by atoms with E-state index in [0.717, 1.165) is 25.7 Å². The standard InChI is InChI=1S/C28H25F3N6O3/c1-3-22(38)36-12-5-8-20(36)26-35-23(24-25(32)33-11-13-37(24)26)16-6-4-7-17(14-16)27(39)34-18-9-10-21(40-2)19(15-18)28(29,30)31/h3-4,6-7,9-11,13-15,20H,1,5,8,12H2,2H3,(H2,32,33)(H,34,39)/t20-/m0/s1. The van der Waals surface area contributed by atoms with Gasteiger partial charge in [0.2, 0.25) is 5.91 Å². The van der Waals surface area contributed by atoms with Crippen LogP contribution in [0.5, 0.6) is 5.75 Å². The topological polar surface area (TPSA) is 115 Å². The molecule has 1 fully saturated rings. The van der Waals surface area contributed by atoms with Crippen LogP contribution in [0.15, 0.2) is 67.5 Å². The molecule has 1 aliphatic heterocycles. The molecule has 1 atom stereocenters. The van der Waals surface area contributed by atoms with Gasteiger partial charge in [0.25, 0.3) is 5.91 Å².